The van der Waals surface area contributed by atoms with Crippen LogP contribution < -0.4 is 10.2 Å². The fraction of sp³-hybridized carbons (Fsp3) is 0.462. The third-order valence-corrected chi connectivity index (χ3v) is 4.08. The van der Waals surface area contributed by atoms with Gasteiger partial charge in [0.2, 0.25) is 5.91 Å². The molecule has 90 valence electrons. The topological polar surface area (TPSA) is 32.3 Å². The van der Waals surface area contributed by atoms with E-state index >= 15 is 0 Å². The highest BCUT2D eigenvalue weighted by Crippen LogP contribution is 2.51. The van der Waals surface area contributed by atoms with E-state index in [0.29, 0.717) is 6.04 Å². The summed E-state index contributed by atoms with van der Waals surface area (Å²) in [6.07, 6.45) is 1.92. The summed E-state index contributed by atoms with van der Waals surface area (Å²) in [4.78, 5) is 14.4. The molecular weight excluding hydrogens is 280 g/mol. The molecule has 0 aromatic heterocycles. The van der Waals surface area contributed by atoms with E-state index in [2.05, 4.69) is 46.1 Å². The van der Waals surface area contributed by atoms with Crippen LogP contribution in [0.2, 0.25) is 0 Å². The van der Waals surface area contributed by atoms with E-state index in [1.807, 2.05) is 12.1 Å². The first-order valence-electron chi connectivity index (χ1n) is 5.95. The summed E-state index contributed by atoms with van der Waals surface area (Å²) >= 11 is 3.50. The summed E-state index contributed by atoms with van der Waals surface area (Å²) in [5, 5.41) is 3.02. The molecule has 1 spiro atoms. The summed E-state index contributed by atoms with van der Waals surface area (Å²) in [6, 6.07) is 6.34. The van der Waals surface area contributed by atoms with Crippen LogP contribution in [-0.2, 0) is 4.79 Å². The smallest absolute Gasteiger partial charge is 0.250 e. The predicted octanol–water partition coefficient (Wildman–Crippen LogP) is 3.15. The van der Waals surface area contributed by atoms with Crippen molar-refractivity contribution < 1.29 is 4.79 Å². The van der Waals surface area contributed by atoms with Crippen LogP contribution in [0.4, 0.5) is 11.4 Å². The Labute approximate surface area is 109 Å². The monoisotopic (exact) mass is 294 g/mol. The average molecular weight is 295 g/mol. The Balaban J connectivity index is 2.16. The zero-order chi connectivity index (χ0) is 12.2. The fourth-order valence-corrected chi connectivity index (χ4v) is 3.10. The highest BCUT2D eigenvalue weighted by atomic mass is 79.9. The average Bonchev–Trinajstić information content (AvgIpc) is 3.02. The van der Waals surface area contributed by atoms with Crippen molar-refractivity contribution in [2.45, 2.75) is 38.3 Å². The molecule has 1 aliphatic carbocycles. The Morgan fingerprint density at radius 3 is 2.71 bits per heavy atom. The van der Waals surface area contributed by atoms with Crippen molar-refractivity contribution in [1.82, 2.24) is 0 Å². The lowest BCUT2D eigenvalue weighted by Crippen LogP contribution is -2.53. The van der Waals surface area contributed by atoms with Crippen LogP contribution in [0.3, 0.4) is 0 Å². The van der Waals surface area contributed by atoms with E-state index in [1.54, 1.807) is 0 Å². The number of halogens is 1. The number of anilines is 2. The SMILES string of the molecule is CC(C)N1c2cc(Br)ccc2NC(=O)C12CC2. The maximum Gasteiger partial charge on any atom is 0.250 e. The van der Waals surface area contributed by atoms with Gasteiger partial charge in [0.1, 0.15) is 5.54 Å². The largest absolute Gasteiger partial charge is 0.353 e. The second-order valence-corrected chi connectivity index (χ2v) is 6.03. The van der Waals surface area contributed by atoms with Crippen molar-refractivity contribution in [2.24, 2.45) is 0 Å². The summed E-state index contributed by atoms with van der Waals surface area (Å²) in [5.41, 5.74) is 1.78. The molecule has 17 heavy (non-hydrogen) atoms. The molecule has 0 unspecified atom stereocenters. The van der Waals surface area contributed by atoms with E-state index in [1.165, 1.54) is 0 Å². The molecule has 1 aliphatic heterocycles. The van der Waals surface area contributed by atoms with Gasteiger partial charge in [0.05, 0.1) is 11.4 Å². The van der Waals surface area contributed by atoms with E-state index in [9.17, 15) is 4.79 Å². The number of carbonyl (C=O) groups excluding carboxylic acids is 1. The molecular formula is C13H15BrN2O. The number of benzene rings is 1. The van der Waals surface area contributed by atoms with Crippen molar-refractivity contribution >= 4 is 33.2 Å². The van der Waals surface area contributed by atoms with Gasteiger partial charge in [0.15, 0.2) is 0 Å². The number of rotatable bonds is 1. The van der Waals surface area contributed by atoms with E-state index < -0.39 is 0 Å². The number of amides is 1. The maximum absolute atomic E-state index is 12.2. The first kappa shape index (κ1) is 11.1. The van der Waals surface area contributed by atoms with Crippen LogP contribution in [0.5, 0.6) is 0 Å². The molecule has 1 heterocycles. The van der Waals surface area contributed by atoms with Crippen molar-refractivity contribution in [3.05, 3.63) is 22.7 Å². The first-order valence-corrected chi connectivity index (χ1v) is 6.74. The van der Waals surface area contributed by atoms with Crippen LogP contribution >= 0.6 is 15.9 Å². The van der Waals surface area contributed by atoms with Crippen LogP contribution in [0.15, 0.2) is 22.7 Å². The van der Waals surface area contributed by atoms with Gasteiger partial charge in [-0.05, 0) is 44.9 Å². The van der Waals surface area contributed by atoms with Crippen LogP contribution in [0.25, 0.3) is 0 Å². The number of nitrogens with one attached hydrogen (secondary N) is 1. The summed E-state index contributed by atoms with van der Waals surface area (Å²) in [5.74, 6) is 0.154. The van der Waals surface area contributed by atoms with Crippen LogP contribution in [0, 0.1) is 0 Å². The van der Waals surface area contributed by atoms with Gasteiger partial charge in [-0.15, -0.1) is 0 Å². The van der Waals surface area contributed by atoms with E-state index in [0.717, 1.165) is 28.7 Å². The number of hydrogen-bond acceptors (Lipinski definition) is 2. The van der Waals surface area contributed by atoms with Crippen LogP contribution in [0.1, 0.15) is 26.7 Å². The van der Waals surface area contributed by atoms with Crippen molar-refractivity contribution in [1.29, 1.82) is 0 Å². The zero-order valence-corrected chi connectivity index (χ0v) is 11.5. The lowest BCUT2D eigenvalue weighted by Gasteiger charge is -2.41. The molecule has 2 aliphatic rings. The molecule has 1 amide bonds. The zero-order valence-electron chi connectivity index (χ0n) is 9.96. The third-order valence-electron chi connectivity index (χ3n) is 3.59. The van der Waals surface area contributed by atoms with E-state index in [4.69, 9.17) is 0 Å². The van der Waals surface area contributed by atoms with Gasteiger partial charge in [0, 0.05) is 10.5 Å². The molecule has 1 fully saturated rings. The first-order chi connectivity index (χ1) is 8.04. The molecule has 0 atom stereocenters. The van der Waals surface area contributed by atoms with Crippen LogP contribution in [-0.4, -0.2) is 17.5 Å². The van der Waals surface area contributed by atoms with Gasteiger partial charge in [-0.25, -0.2) is 0 Å². The van der Waals surface area contributed by atoms with Crippen molar-refractivity contribution in [3.8, 4) is 0 Å². The minimum absolute atomic E-state index is 0.154. The highest BCUT2D eigenvalue weighted by Gasteiger charge is 2.58. The Hall–Kier alpha value is -1.03. The van der Waals surface area contributed by atoms with Gasteiger partial charge < -0.3 is 10.2 Å². The fourth-order valence-electron chi connectivity index (χ4n) is 2.75. The molecule has 1 aromatic carbocycles. The predicted molar refractivity (Wildman–Crippen MR) is 72.4 cm³/mol. The standard InChI is InChI=1S/C13H15BrN2O/c1-8(2)16-11-7-9(14)3-4-10(11)15-12(17)13(16)5-6-13/h3-4,7-8H,5-6H2,1-2H3,(H,15,17). The minimum Gasteiger partial charge on any atom is -0.353 e. The highest BCUT2D eigenvalue weighted by molar-refractivity contribution is 9.10. The Morgan fingerprint density at radius 1 is 1.41 bits per heavy atom. The Bertz CT molecular complexity index is 494. The van der Waals surface area contributed by atoms with Crippen molar-refractivity contribution in [3.63, 3.8) is 0 Å². The van der Waals surface area contributed by atoms with Gasteiger partial charge in [-0.1, -0.05) is 15.9 Å². The number of fused-ring (bicyclic) bond motifs is 1. The number of carbonyl (C=O) groups is 1. The van der Waals surface area contributed by atoms with Gasteiger partial charge >= 0.3 is 0 Å². The molecule has 1 saturated carbocycles. The quantitative estimate of drug-likeness (QED) is 0.863. The molecule has 1 aromatic rings. The normalized spacial score (nSPS) is 20.5. The summed E-state index contributed by atoms with van der Waals surface area (Å²) < 4.78 is 1.05. The molecule has 0 bridgehead atoms. The molecule has 0 radical (unpaired) electrons. The number of hydrogen-bond donors (Lipinski definition) is 1. The Kier molecular flexibility index (Phi) is 2.27. The molecule has 0 saturated heterocycles. The second-order valence-electron chi connectivity index (χ2n) is 5.11. The minimum atomic E-state index is -0.276. The van der Waals surface area contributed by atoms with Gasteiger partial charge in [0.25, 0.3) is 0 Å². The van der Waals surface area contributed by atoms with Crippen molar-refractivity contribution in [2.75, 3.05) is 10.2 Å². The van der Waals surface area contributed by atoms with Gasteiger partial charge in [-0.2, -0.15) is 0 Å². The summed E-state index contributed by atoms with van der Waals surface area (Å²) in [7, 11) is 0. The lowest BCUT2D eigenvalue weighted by atomic mass is 10.0. The molecule has 3 rings (SSSR count). The molecule has 1 N–H and O–H groups in total. The molecule has 3 nitrogen and oxygen atoms in total. The number of nitrogens with zero attached hydrogens (tertiary/aromatic N) is 1. The van der Waals surface area contributed by atoms with E-state index in [-0.39, 0.29) is 11.4 Å². The lowest BCUT2D eigenvalue weighted by molar-refractivity contribution is -0.118. The molecule has 4 heteroatoms. The third kappa shape index (κ3) is 1.50. The summed E-state index contributed by atoms with van der Waals surface area (Å²) in [6.45, 7) is 4.28. The Morgan fingerprint density at radius 2 is 2.12 bits per heavy atom. The maximum atomic E-state index is 12.2. The second kappa shape index (κ2) is 3.48. The van der Waals surface area contributed by atoms with Gasteiger partial charge in [-0.3, -0.25) is 4.79 Å².